The highest BCUT2D eigenvalue weighted by molar-refractivity contribution is 9.09. The van der Waals surface area contributed by atoms with E-state index in [1.807, 2.05) is 30.3 Å². The van der Waals surface area contributed by atoms with Gasteiger partial charge in [-0.1, -0.05) is 58.4 Å². The number of aliphatic hydroxyl groups is 1. The molecule has 12 heteroatoms. The normalized spacial score (nSPS) is 25.8. The molecule has 274 valence electrons. The molecule has 3 fully saturated rings. The zero-order valence-corrected chi connectivity index (χ0v) is 30.8. The van der Waals surface area contributed by atoms with E-state index in [0.29, 0.717) is 49.1 Å². The van der Waals surface area contributed by atoms with Gasteiger partial charge in [-0.25, -0.2) is 0 Å². The van der Waals surface area contributed by atoms with Crippen LogP contribution in [-0.2, 0) is 28.7 Å². The first-order chi connectivity index (χ1) is 24.6. The molecule has 2 aromatic carbocycles. The number of aliphatic hydroxyl groups excluding tert-OH is 1. The van der Waals surface area contributed by atoms with Gasteiger partial charge >= 0.3 is 5.97 Å². The summed E-state index contributed by atoms with van der Waals surface area (Å²) in [5.74, 6) is -2.85. The number of allylic oxidation sites excluding steroid dienone is 1. The summed E-state index contributed by atoms with van der Waals surface area (Å²) in [5, 5.41) is 12.4. The molecule has 3 heterocycles. The molecule has 3 aliphatic rings. The fraction of sp³-hybridized carbons (Fsp3) is 0.487. The van der Waals surface area contributed by atoms with Crippen molar-refractivity contribution in [1.29, 1.82) is 0 Å². The molecule has 3 amide bonds. The molecule has 3 saturated heterocycles. The number of esters is 1. The maximum absolute atomic E-state index is 14.8. The molecule has 0 saturated carbocycles. The fourth-order valence-electron chi connectivity index (χ4n) is 7.79. The molecule has 8 atom stereocenters. The SMILES string of the molecule is C=CCCC(=O)N[C@@H](C)[C@H](OC(=O)[C@H]1[C@@H]2O[C@@]3(CC2Br)[C@@H]1C(=O)N(CCCCCO)[C@@H]3C(=O)N(CC=C)c1ccc(OC)cc1)c1ccccc1. The van der Waals surface area contributed by atoms with Gasteiger partial charge in [-0.15, -0.1) is 13.2 Å². The van der Waals surface area contributed by atoms with Crippen molar-refractivity contribution >= 4 is 45.3 Å². The van der Waals surface area contributed by atoms with Crippen LogP contribution in [0.1, 0.15) is 57.1 Å². The summed E-state index contributed by atoms with van der Waals surface area (Å²) in [6.45, 7) is 9.79. The van der Waals surface area contributed by atoms with Crippen LogP contribution < -0.4 is 15.0 Å². The number of carbonyl (C=O) groups excluding carboxylic acids is 4. The number of halogens is 1. The Bertz CT molecular complexity index is 1570. The average Bonchev–Trinajstić information content (AvgIpc) is 3.73. The second kappa shape index (κ2) is 17.0. The molecule has 3 aliphatic heterocycles. The van der Waals surface area contributed by atoms with Gasteiger partial charge in [0.05, 0.1) is 31.1 Å². The van der Waals surface area contributed by atoms with Crippen LogP contribution in [-0.4, -0.2) is 89.1 Å². The molecule has 0 aromatic heterocycles. The Morgan fingerprint density at radius 2 is 1.84 bits per heavy atom. The smallest absolute Gasteiger partial charge is 0.313 e. The van der Waals surface area contributed by atoms with Crippen molar-refractivity contribution in [2.45, 2.75) is 80.2 Å². The molecule has 1 spiro atoms. The number of anilines is 1. The first kappa shape index (κ1) is 38.2. The van der Waals surface area contributed by atoms with E-state index in [1.54, 1.807) is 60.3 Å². The summed E-state index contributed by atoms with van der Waals surface area (Å²) < 4.78 is 18.3. The first-order valence-electron chi connectivity index (χ1n) is 17.6. The number of hydrogen-bond acceptors (Lipinski definition) is 8. The molecule has 0 aliphatic carbocycles. The highest BCUT2D eigenvalue weighted by Crippen LogP contribution is 2.60. The molecule has 11 nitrogen and oxygen atoms in total. The van der Waals surface area contributed by atoms with Crippen LogP contribution in [0.5, 0.6) is 5.75 Å². The average molecular weight is 767 g/mol. The van der Waals surface area contributed by atoms with Crippen LogP contribution in [0, 0.1) is 11.8 Å². The third-order valence-corrected chi connectivity index (χ3v) is 10.9. The Hall–Kier alpha value is -4.00. The molecule has 2 bridgehead atoms. The van der Waals surface area contributed by atoms with Gasteiger partial charge in [0.15, 0.2) is 0 Å². The Kier molecular flexibility index (Phi) is 12.8. The highest BCUT2D eigenvalue weighted by Gasteiger charge is 2.77. The summed E-state index contributed by atoms with van der Waals surface area (Å²) in [7, 11) is 1.56. The molecule has 2 N–H and O–H groups in total. The zero-order chi connectivity index (χ0) is 36.7. The van der Waals surface area contributed by atoms with Crippen LogP contribution in [0.2, 0.25) is 0 Å². The molecular formula is C39H48BrN3O8. The largest absolute Gasteiger partial charge is 0.497 e. The van der Waals surface area contributed by atoms with Crippen LogP contribution in [0.4, 0.5) is 5.69 Å². The number of nitrogens with one attached hydrogen (secondary N) is 1. The number of ether oxygens (including phenoxy) is 3. The minimum absolute atomic E-state index is 0.0210. The number of likely N-dealkylation sites (tertiary alicyclic amines) is 1. The summed E-state index contributed by atoms with van der Waals surface area (Å²) >= 11 is 3.74. The molecule has 5 rings (SSSR count). The number of rotatable bonds is 18. The Morgan fingerprint density at radius 1 is 1.12 bits per heavy atom. The number of methoxy groups -OCH3 is 1. The van der Waals surface area contributed by atoms with Crippen molar-refractivity contribution in [3.8, 4) is 5.75 Å². The minimum Gasteiger partial charge on any atom is -0.497 e. The second-order valence-electron chi connectivity index (χ2n) is 13.4. The van der Waals surface area contributed by atoms with Gasteiger partial charge in [-0.05, 0) is 68.9 Å². The summed E-state index contributed by atoms with van der Waals surface area (Å²) in [6.07, 6.45) is 4.58. The maximum atomic E-state index is 14.8. The van der Waals surface area contributed by atoms with E-state index in [-0.39, 0.29) is 48.7 Å². The van der Waals surface area contributed by atoms with Gasteiger partial charge in [0.2, 0.25) is 11.8 Å². The minimum atomic E-state index is -1.30. The van der Waals surface area contributed by atoms with Gasteiger partial charge in [-0.3, -0.25) is 19.2 Å². The van der Waals surface area contributed by atoms with Crippen molar-refractivity contribution in [3.05, 3.63) is 85.5 Å². The van der Waals surface area contributed by atoms with E-state index >= 15 is 0 Å². The topological polar surface area (TPSA) is 135 Å². The fourth-order valence-corrected chi connectivity index (χ4v) is 8.73. The molecular weight excluding hydrogens is 718 g/mol. The second-order valence-corrected chi connectivity index (χ2v) is 14.5. The third-order valence-electron chi connectivity index (χ3n) is 10.1. The van der Waals surface area contributed by atoms with E-state index < -0.39 is 47.7 Å². The molecule has 1 unspecified atom stereocenters. The zero-order valence-electron chi connectivity index (χ0n) is 29.2. The third kappa shape index (κ3) is 7.78. The van der Waals surface area contributed by atoms with E-state index in [0.717, 1.165) is 0 Å². The van der Waals surface area contributed by atoms with Crippen LogP contribution >= 0.6 is 15.9 Å². The lowest BCUT2D eigenvalue weighted by Crippen LogP contribution is -2.57. The van der Waals surface area contributed by atoms with Crippen molar-refractivity contribution < 1.29 is 38.5 Å². The molecule has 0 radical (unpaired) electrons. The van der Waals surface area contributed by atoms with Crippen LogP contribution in [0.25, 0.3) is 0 Å². The number of carbonyl (C=O) groups is 4. The Balaban J connectivity index is 1.49. The lowest BCUT2D eigenvalue weighted by atomic mass is 9.70. The van der Waals surface area contributed by atoms with Gasteiger partial charge in [-0.2, -0.15) is 0 Å². The number of fused-ring (bicyclic) bond motifs is 1. The van der Waals surface area contributed by atoms with Gasteiger partial charge in [0.25, 0.3) is 5.91 Å². The number of benzene rings is 2. The number of unbranched alkanes of at least 4 members (excludes halogenated alkanes) is 2. The highest BCUT2D eigenvalue weighted by atomic mass is 79.9. The summed E-state index contributed by atoms with van der Waals surface area (Å²) in [6, 6.07) is 14.6. The van der Waals surface area contributed by atoms with Crippen LogP contribution in [0.3, 0.4) is 0 Å². The lowest BCUT2D eigenvalue weighted by molar-refractivity contribution is -0.162. The predicted octanol–water partition coefficient (Wildman–Crippen LogP) is 4.88. The standard InChI is InChI=1S/C39H48BrN3O8/c1-5-7-16-30(45)41-25(3)33(26-14-10-8-11-15-26)50-38(48)31-32-36(46)43(22-12-9-13-23-44)35(39(32)24-29(40)34(31)51-39)37(47)42(21-6-2)27-17-19-28(49-4)20-18-27/h5-6,8,10-11,14-15,17-20,25,29,31-35,44H,1-2,7,9,12-13,16,21-24H2,3-4H3,(H,41,45)/t25-,29?,31+,32-,33-,34+,35+,39-/m0/s1. The number of alkyl halides is 1. The lowest BCUT2D eigenvalue weighted by Gasteiger charge is -2.37. The Morgan fingerprint density at radius 3 is 2.49 bits per heavy atom. The predicted molar refractivity (Wildman–Crippen MR) is 196 cm³/mol. The van der Waals surface area contributed by atoms with E-state index in [4.69, 9.17) is 14.2 Å². The van der Waals surface area contributed by atoms with Crippen molar-refractivity contribution in [2.24, 2.45) is 11.8 Å². The molecule has 2 aromatic rings. The van der Waals surface area contributed by atoms with E-state index in [9.17, 15) is 24.3 Å². The van der Waals surface area contributed by atoms with E-state index in [2.05, 4.69) is 34.4 Å². The maximum Gasteiger partial charge on any atom is 0.313 e. The van der Waals surface area contributed by atoms with E-state index in [1.165, 1.54) is 0 Å². The van der Waals surface area contributed by atoms with Crippen molar-refractivity contribution in [1.82, 2.24) is 10.2 Å². The van der Waals surface area contributed by atoms with Crippen molar-refractivity contribution in [2.75, 3.05) is 31.7 Å². The molecule has 51 heavy (non-hydrogen) atoms. The number of hydrogen-bond donors (Lipinski definition) is 2. The summed E-state index contributed by atoms with van der Waals surface area (Å²) in [4.78, 5) is 59.4. The summed E-state index contributed by atoms with van der Waals surface area (Å²) in [5.41, 5.74) is -0.0128. The monoisotopic (exact) mass is 765 g/mol. The Labute approximate surface area is 308 Å². The van der Waals surface area contributed by atoms with Gasteiger partial charge in [0, 0.05) is 36.6 Å². The van der Waals surface area contributed by atoms with Gasteiger partial charge < -0.3 is 34.4 Å². The van der Waals surface area contributed by atoms with Crippen LogP contribution in [0.15, 0.2) is 79.9 Å². The van der Waals surface area contributed by atoms with Gasteiger partial charge in [0.1, 0.15) is 23.5 Å². The number of nitrogens with zero attached hydrogens (tertiary/aromatic N) is 2. The quantitative estimate of drug-likeness (QED) is 0.0950. The van der Waals surface area contributed by atoms with Crippen molar-refractivity contribution in [3.63, 3.8) is 0 Å². The number of amides is 3. The first-order valence-corrected chi connectivity index (χ1v) is 18.5.